The minimum atomic E-state index is -0.702. The number of nitrogens with two attached hydrogens (primary N) is 1. The predicted octanol–water partition coefficient (Wildman–Crippen LogP) is 3.98. The first kappa shape index (κ1) is 22.6. The molecule has 0 aliphatic carbocycles. The lowest BCUT2D eigenvalue weighted by Gasteiger charge is -2.10. The van der Waals surface area contributed by atoms with Crippen LogP contribution in [0.5, 0.6) is 5.75 Å². The molecule has 3 aromatic carbocycles. The number of ether oxygens (including phenoxy) is 2. The molecule has 0 aliphatic rings. The Balaban J connectivity index is 1.53. The van der Waals surface area contributed by atoms with Crippen molar-refractivity contribution in [3.8, 4) is 5.75 Å². The first-order chi connectivity index (χ1) is 15.4. The number of nitrogen functional groups attached to an aromatic ring is 1. The monoisotopic (exact) mass is 453 g/mol. The first-order valence-electron chi connectivity index (χ1n) is 9.44. The summed E-state index contributed by atoms with van der Waals surface area (Å²) < 4.78 is 10.2. The fourth-order valence-electron chi connectivity index (χ4n) is 2.73. The lowest BCUT2D eigenvalue weighted by molar-refractivity contribution is -0.119. The second-order valence-corrected chi connectivity index (χ2v) is 7.00. The zero-order valence-electron chi connectivity index (χ0n) is 17.1. The number of anilines is 3. The summed E-state index contributed by atoms with van der Waals surface area (Å²) in [5.41, 5.74) is 7.45. The van der Waals surface area contributed by atoms with E-state index in [4.69, 9.17) is 26.8 Å². The van der Waals surface area contributed by atoms with Gasteiger partial charge in [0.05, 0.1) is 29.1 Å². The molecule has 0 aliphatic heterocycles. The van der Waals surface area contributed by atoms with Crippen molar-refractivity contribution in [2.24, 2.45) is 0 Å². The van der Waals surface area contributed by atoms with Crippen molar-refractivity contribution in [3.05, 3.63) is 82.9 Å². The number of hydrogen-bond donors (Lipinski definition) is 3. The zero-order chi connectivity index (χ0) is 23.1. The third-order valence-electron chi connectivity index (χ3n) is 4.35. The summed E-state index contributed by atoms with van der Waals surface area (Å²) in [5.74, 6) is -1.03. The third-order valence-corrected chi connectivity index (χ3v) is 4.70. The van der Waals surface area contributed by atoms with E-state index in [9.17, 15) is 14.4 Å². The van der Waals surface area contributed by atoms with Crippen LogP contribution in [0.2, 0.25) is 5.02 Å². The molecule has 0 saturated heterocycles. The van der Waals surface area contributed by atoms with Gasteiger partial charge in [0, 0.05) is 11.3 Å². The number of para-hydroxylation sites is 2. The number of methoxy groups -OCH3 is 1. The number of nitrogens with one attached hydrogen (secondary N) is 2. The molecule has 0 fully saturated rings. The number of carbonyl (C=O) groups excluding carboxylic acids is 3. The minimum Gasteiger partial charge on any atom is -0.495 e. The highest BCUT2D eigenvalue weighted by molar-refractivity contribution is 6.33. The molecular weight excluding hydrogens is 434 g/mol. The van der Waals surface area contributed by atoms with Crippen LogP contribution in [0.25, 0.3) is 0 Å². The van der Waals surface area contributed by atoms with Crippen molar-refractivity contribution >= 4 is 46.4 Å². The standard InChI is InChI=1S/C23H20ClN3O5/c1-31-20-5-3-2-4-19(20)27-22(29)14-6-9-16(10-7-14)26-21(28)13-32-23(30)15-8-11-17(24)18(25)12-15/h2-12H,13,25H2,1H3,(H,26,28)(H,27,29). The molecule has 0 heterocycles. The molecule has 9 heteroatoms. The molecule has 8 nitrogen and oxygen atoms in total. The predicted molar refractivity (Wildman–Crippen MR) is 122 cm³/mol. The maximum absolute atomic E-state index is 12.4. The summed E-state index contributed by atoms with van der Waals surface area (Å²) in [7, 11) is 1.52. The van der Waals surface area contributed by atoms with E-state index in [1.54, 1.807) is 48.5 Å². The maximum atomic E-state index is 12.4. The molecule has 32 heavy (non-hydrogen) atoms. The van der Waals surface area contributed by atoms with Gasteiger partial charge in [0.15, 0.2) is 6.61 Å². The molecule has 3 rings (SSSR count). The molecule has 0 spiro atoms. The van der Waals surface area contributed by atoms with Gasteiger partial charge in [-0.1, -0.05) is 23.7 Å². The van der Waals surface area contributed by atoms with Crippen LogP contribution in [0, 0.1) is 0 Å². The van der Waals surface area contributed by atoms with E-state index in [2.05, 4.69) is 10.6 Å². The minimum absolute atomic E-state index is 0.185. The lowest BCUT2D eigenvalue weighted by atomic mass is 10.2. The smallest absolute Gasteiger partial charge is 0.338 e. The van der Waals surface area contributed by atoms with Gasteiger partial charge in [-0.25, -0.2) is 4.79 Å². The molecule has 0 bridgehead atoms. The molecule has 2 amide bonds. The highest BCUT2D eigenvalue weighted by Gasteiger charge is 2.13. The van der Waals surface area contributed by atoms with Crippen molar-refractivity contribution in [1.82, 2.24) is 0 Å². The molecule has 0 saturated carbocycles. The van der Waals surface area contributed by atoms with Crippen LogP contribution in [-0.2, 0) is 9.53 Å². The average Bonchev–Trinajstić information content (AvgIpc) is 2.80. The molecule has 3 aromatic rings. The average molecular weight is 454 g/mol. The van der Waals surface area contributed by atoms with Crippen LogP contribution in [0.15, 0.2) is 66.7 Å². The van der Waals surface area contributed by atoms with E-state index >= 15 is 0 Å². The Morgan fingerprint density at radius 1 is 0.938 bits per heavy atom. The Labute approximate surface area is 189 Å². The molecular formula is C23H20ClN3O5. The number of amides is 2. The van der Waals surface area contributed by atoms with E-state index < -0.39 is 18.5 Å². The van der Waals surface area contributed by atoms with Crippen LogP contribution in [-0.4, -0.2) is 31.5 Å². The summed E-state index contributed by atoms with van der Waals surface area (Å²) in [5, 5.41) is 5.68. The second kappa shape index (κ2) is 10.3. The largest absolute Gasteiger partial charge is 0.495 e. The van der Waals surface area contributed by atoms with Crippen molar-refractivity contribution in [3.63, 3.8) is 0 Å². The SMILES string of the molecule is COc1ccccc1NC(=O)c1ccc(NC(=O)COC(=O)c2ccc(Cl)c(N)c2)cc1. The van der Waals surface area contributed by atoms with Crippen molar-refractivity contribution < 1.29 is 23.9 Å². The van der Waals surface area contributed by atoms with Crippen molar-refractivity contribution in [1.29, 1.82) is 0 Å². The van der Waals surface area contributed by atoms with E-state index in [1.165, 1.54) is 25.3 Å². The van der Waals surface area contributed by atoms with E-state index in [-0.39, 0.29) is 17.2 Å². The Hall–Kier alpha value is -4.04. The molecule has 0 aromatic heterocycles. The quantitative estimate of drug-likeness (QED) is 0.367. The summed E-state index contributed by atoms with van der Waals surface area (Å²) >= 11 is 5.82. The summed E-state index contributed by atoms with van der Waals surface area (Å²) in [6, 6.07) is 17.6. The normalized spacial score (nSPS) is 10.2. The highest BCUT2D eigenvalue weighted by atomic mass is 35.5. The van der Waals surface area contributed by atoms with Gasteiger partial charge in [0.2, 0.25) is 0 Å². The highest BCUT2D eigenvalue weighted by Crippen LogP contribution is 2.24. The van der Waals surface area contributed by atoms with Crippen molar-refractivity contribution in [2.45, 2.75) is 0 Å². The van der Waals surface area contributed by atoms with Gasteiger partial charge < -0.3 is 25.8 Å². The first-order valence-corrected chi connectivity index (χ1v) is 9.81. The van der Waals surface area contributed by atoms with Gasteiger partial charge >= 0.3 is 5.97 Å². The summed E-state index contributed by atoms with van der Waals surface area (Å²) in [6.45, 7) is -0.489. The summed E-state index contributed by atoms with van der Waals surface area (Å²) in [4.78, 5) is 36.5. The zero-order valence-corrected chi connectivity index (χ0v) is 17.8. The topological polar surface area (TPSA) is 120 Å². The number of halogens is 1. The maximum Gasteiger partial charge on any atom is 0.338 e. The van der Waals surface area contributed by atoms with Gasteiger partial charge in [-0.2, -0.15) is 0 Å². The molecule has 0 atom stereocenters. The number of benzene rings is 3. The van der Waals surface area contributed by atoms with Crippen LogP contribution < -0.4 is 21.1 Å². The Morgan fingerprint density at radius 3 is 2.31 bits per heavy atom. The van der Waals surface area contributed by atoms with Gasteiger partial charge in [-0.15, -0.1) is 0 Å². The Morgan fingerprint density at radius 2 is 1.62 bits per heavy atom. The number of rotatable bonds is 7. The Kier molecular flexibility index (Phi) is 7.30. The van der Waals surface area contributed by atoms with Crippen LogP contribution in [0.3, 0.4) is 0 Å². The molecule has 4 N–H and O–H groups in total. The van der Waals surface area contributed by atoms with Gasteiger partial charge in [0.1, 0.15) is 5.75 Å². The molecule has 0 radical (unpaired) electrons. The van der Waals surface area contributed by atoms with E-state index in [1.807, 2.05) is 0 Å². The fourth-order valence-corrected chi connectivity index (χ4v) is 2.85. The molecule has 164 valence electrons. The number of esters is 1. The van der Waals surface area contributed by atoms with Crippen molar-refractivity contribution in [2.75, 3.05) is 30.1 Å². The fraction of sp³-hybridized carbons (Fsp3) is 0.0870. The lowest BCUT2D eigenvalue weighted by Crippen LogP contribution is -2.21. The third kappa shape index (κ3) is 5.77. The summed E-state index contributed by atoms with van der Waals surface area (Å²) in [6.07, 6.45) is 0. The van der Waals surface area contributed by atoms with Gasteiger partial charge in [0.25, 0.3) is 11.8 Å². The van der Waals surface area contributed by atoms with Gasteiger partial charge in [-0.3, -0.25) is 9.59 Å². The van der Waals surface area contributed by atoms with E-state index in [0.717, 1.165) is 0 Å². The number of hydrogen-bond acceptors (Lipinski definition) is 6. The van der Waals surface area contributed by atoms with Crippen LogP contribution >= 0.6 is 11.6 Å². The number of carbonyl (C=O) groups is 3. The van der Waals surface area contributed by atoms with E-state index in [0.29, 0.717) is 27.7 Å². The van der Waals surface area contributed by atoms with Gasteiger partial charge in [-0.05, 0) is 54.6 Å². The second-order valence-electron chi connectivity index (χ2n) is 6.59. The Bertz CT molecular complexity index is 1150. The molecule has 0 unspecified atom stereocenters. The van der Waals surface area contributed by atoms with Crippen LogP contribution in [0.4, 0.5) is 17.1 Å². The van der Waals surface area contributed by atoms with Crippen LogP contribution in [0.1, 0.15) is 20.7 Å².